The molecule has 0 bridgehead atoms. The first-order valence-corrected chi connectivity index (χ1v) is 10.0. The van der Waals surface area contributed by atoms with E-state index in [4.69, 9.17) is 15.2 Å². The molecule has 0 aromatic heterocycles. The van der Waals surface area contributed by atoms with Crippen LogP contribution in [0.5, 0.6) is 11.5 Å². The molecule has 7 heteroatoms. The highest BCUT2D eigenvalue weighted by Crippen LogP contribution is 2.41. The summed E-state index contributed by atoms with van der Waals surface area (Å²) in [5, 5.41) is 0. The SMILES string of the molecule is COc1ccccc1-c1cc2c(cc1OC)N(C)C(=O)CN=C2c1cccc(C(N)=O)c1. The normalized spacial score (nSPS) is 13.2. The average molecular weight is 429 g/mol. The van der Waals surface area contributed by atoms with E-state index in [-0.39, 0.29) is 12.5 Å². The fraction of sp³-hybridized carbons (Fsp3) is 0.160. The molecule has 0 saturated heterocycles. The monoisotopic (exact) mass is 429 g/mol. The van der Waals surface area contributed by atoms with E-state index >= 15 is 0 Å². The summed E-state index contributed by atoms with van der Waals surface area (Å²) >= 11 is 0. The molecule has 0 unspecified atom stereocenters. The number of benzodiazepines with no additional fused rings is 1. The third kappa shape index (κ3) is 3.69. The maximum absolute atomic E-state index is 12.7. The summed E-state index contributed by atoms with van der Waals surface area (Å²) in [6.07, 6.45) is 0. The maximum Gasteiger partial charge on any atom is 0.248 e. The third-order valence-electron chi connectivity index (χ3n) is 5.50. The second-order valence-electron chi connectivity index (χ2n) is 7.33. The molecule has 1 aliphatic heterocycles. The number of nitrogens with two attached hydrogens (primary N) is 1. The molecule has 0 saturated carbocycles. The Hall–Kier alpha value is -4.13. The highest BCUT2D eigenvalue weighted by atomic mass is 16.5. The van der Waals surface area contributed by atoms with Gasteiger partial charge in [-0.15, -0.1) is 0 Å². The van der Waals surface area contributed by atoms with E-state index in [0.29, 0.717) is 34.0 Å². The van der Waals surface area contributed by atoms with Gasteiger partial charge in [-0.1, -0.05) is 30.3 Å². The van der Waals surface area contributed by atoms with Crippen LogP contribution in [0, 0.1) is 0 Å². The van der Waals surface area contributed by atoms with Gasteiger partial charge in [-0.05, 0) is 24.3 Å². The van der Waals surface area contributed by atoms with E-state index in [9.17, 15) is 9.59 Å². The van der Waals surface area contributed by atoms with Crippen LogP contribution in [0.4, 0.5) is 5.69 Å². The van der Waals surface area contributed by atoms with Crippen LogP contribution in [0.25, 0.3) is 11.1 Å². The van der Waals surface area contributed by atoms with Gasteiger partial charge in [0.1, 0.15) is 18.0 Å². The fourth-order valence-corrected chi connectivity index (χ4v) is 3.82. The van der Waals surface area contributed by atoms with Gasteiger partial charge in [0, 0.05) is 40.9 Å². The minimum Gasteiger partial charge on any atom is -0.496 e. The van der Waals surface area contributed by atoms with E-state index in [1.54, 1.807) is 44.4 Å². The number of ether oxygens (including phenoxy) is 2. The standard InChI is InChI=1S/C25H23N3O4/c1-28-20-13-22(32-3)18(17-9-4-5-10-21(17)31-2)12-19(20)24(27-14-23(28)29)15-7-6-8-16(11-15)25(26)30/h4-13H,14H2,1-3H3,(H2,26,30). The summed E-state index contributed by atoms with van der Waals surface area (Å²) in [4.78, 5) is 30.6. The number of rotatable bonds is 5. The molecule has 0 aliphatic carbocycles. The first-order valence-electron chi connectivity index (χ1n) is 10.0. The number of likely N-dealkylation sites (N-methyl/N-ethyl adjacent to an activating group) is 1. The molecule has 4 rings (SSSR count). The fourth-order valence-electron chi connectivity index (χ4n) is 3.82. The summed E-state index contributed by atoms with van der Waals surface area (Å²) in [5.41, 5.74) is 10.2. The van der Waals surface area contributed by atoms with Gasteiger partial charge < -0.3 is 20.1 Å². The summed E-state index contributed by atoms with van der Waals surface area (Å²) < 4.78 is 11.2. The zero-order chi connectivity index (χ0) is 22.8. The number of primary amides is 1. The zero-order valence-corrected chi connectivity index (χ0v) is 18.1. The lowest BCUT2D eigenvalue weighted by molar-refractivity contribution is -0.116. The van der Waals surface area contributed by atoms with Crippen molar-refractivity contribution >= 4 is 23.2 Å². The Labute approximate surface area is 186 Å². The molecule has 0 radical (unpaired) electrons. The van der Waals surface area contributed by atoms with Gasteiger partial charge in [-0.2, -0.15) is 0 Å². The van der Waals surface area contributed by atoms with Crippen molar-refractivity contribution in [1.29, 1.82) is 0 Å². The van der Waals surface area contributed by atoms with Crippen LogP contribution in [-0.4, -0.2) is 45.3 Å². The first kappa shape index (κ1) is 21.1. The molecule has 0 fully saturated rings. The van der Waals surface area contributed by atoms with Gasteiger partial charge in [0.25, 0.3) is 0 Å². The minimum absolute atomic E-state index is 0.0202. The summed E-state index contributed by atoms with van der Waals surface area (Å²) in [6.45, 7) is -0.0202. The van der Waals surface area contributed by atoms with Crippen LogP contribution in [0.1, 0.15) is 21.5 Å². The Morgan fingerprint density at radius 1 is 0.938 bits per heavy atom. The maximum atomic E-state index is 12.7. The quantitative estimate of drug-likeness (QED) is 0.673. The van der Waals surface area contributed by atoms with Crippen molar-refractivity contribution in [3.8, 4) is 22.6 Å². The number of hydrogen-bond donors (Lipinski definition) is 1. The van der Waals surface area contributed by atoms with Crippen LogP contribution in [-0.2, 0) is 4.79 Å². The van der Waals surface area contributed by atoms with Crippen LogP contribution in [0.2, 0.25) is 0 Å². The number of para-hydroxylation sites is 1. The minimum atomic E-state index is -0.529. The van der Waals surface area contributed by atoms with Crippen molar-refractivity contribution in [1.82, 2.24) is 0 Å². The lowest BCUT2D eigenvalue weighted by Gasteiger charge is -2.22. The van der Waals surface area contributed by atoms with Crippen LogP contribution >= 0.6 is 0 Å². The Kier molecular flexibility index (Phi) is 5.64. The van der Waals surface area contributed by atoms with Crippen molar-refractivity contribution in [2.75, 3.05) is 32.7 Å². The Morgan fingerprint density at radius 3 is 2.41 bits per heavy atom. The molecule has 0 spiro atoms. The van der Waals surface area contributed by atoms with E-state index in [1.165, 1.54) is 0 Å². The zero-order valence-electron chi connectivity index (χ0n) is 18.1. The number of amides is 2. The number of benzene rings is 3. The smallest absolute Gasteiger partial charge is 0.248 e. The molecule has 2 amide bonds. The number of methoxy groups -OCH3 is 2. The number of nitrogens with zero attached hydrogens (tertiary/aromatic N) is 2. The van der Waals surface area contributed by atoms with Crippen LogP contribution in [0.15, 0.2) is 65.7 Å². The Balaban J connectivity index is 2.00. The lowest BCUT2D eigenvalue weighted by atomic mass is 9.93. The van der Waals surface area contributed by atoms with Gasteiger partial charge >= 0.3 is 0 Å². The highest BCUT2D eigenvalue weighted by Gasteiger charge is 2.26. The molecule has 3 aromatic rings. The Morgan fingerprint density at radius 2 is 1.69 bits per heavy atom. The van der Waals surface area contributed by atoms with Crippen molar-refractivity contribution < 1.29 is 19.1 Å². The van der Waals surface area contributed by atoms with E-state index in [1.807, 2.05) is 42.5 Å². The van der Waals surface area contributed by atoms with Crippen molar-refractivity contribution in [3.63, 3.8) is 0 Å². The largest absolute Gasteiger partial charge is 0.496 e. The number of aliphatic imine (C=N–C) groups is 1. The van der Waals surface area contributed by atoms with Gasteiger partial charge in [-0.3, -0.25) is 14.6 Å². The molecule has 32 heavy (non-hydrogen) atoms. The third-order valence-corrected chi connectivity index (χ3v) is 5.50. The second-order valence-corrected chi connectivity index (χ2v) is 7.33. The predicted octanol–water partition coefficient (Wildman–Crippen LogP) is 3.28. The highest BCUT2D eigenvalue weighted by molar-refractivity contribution is 6.20. The van der Waals surface area contributed by atoms with Crippen molar-refractivity contribution in [3.05, 3.63) is 77.4 Å². The second kappa shape index (κ2) is 8.55. The number of carbonyl (C=O) groups is 2. The van der Waals surface area contributed by atoms with E-state index < -0.39 is 5.91 Å². The molecule has 2 N–H and O–H groups in total. The summed E-state index contributed by atoms with van der Waals surface area (Å²) in [6, 6.07) is 18.3. The lowest BCUT2D eigenvalue weighted by Crippen LogP contribution is -2.27. The molecular weight excluding hydrogens is 406 g/mol. The topological polar surface area (TPSA) is 94.2 Å². The molecule has 1 aliphatic rings. The van der Waals surface area contributed by atoms with Gasteiger partial charge in [0.2, 0.25) is 11.8 Å². The van der Waals surface area contributed by atoms with E-state index in [2.05, 4.69) is 4.99 Å². The van der Waals surface area contributed by atoms with Crippen LogP contribution < -0.4 is 20.1 Å². The van der Waals surface area contributed by atoms with Crippen molar-refractivity contribution in [2.24, 2.45) is 10.7 Å². The number of anilines is 1. The molecule has 3 aromatic carbocycles. The van der Waals surface area contributed by atoms with Gasteiger partial charge in [-0.25, -0.2) is 0 Å². The number of hydrogen-bond acceptors (Lipinski definition) is 5. The predicted molar refractivity (Wildman–Crippen MR) is 124 cm³/mol. The van der Waals surface area contributed by atoms with Crippen LogP contribution in [0.3, 0.4) is 0 Å². The molecule has 7 nitrogen and oxygen atoms in total. The average Bonchev–Trinajstić information content (AvgIpc) is 2.94. The molecular formula is C25H23N3O4. The van der Waals surface area contributed by atoms with Gasteiger partial charge in [0.05, 0.1) is 25.6 Å². The molecule has 0 atom stereocenters. The molecule has 1 heterocycles. The summed E-state index contributed by atoms with van der Waals surface area (Å²) in [7, 11) is 4.91. The Bertz CT molecular complexity index is 1250. The van der Waals surface area contributed by atoms with E-state index in [0.717, 1.165) is 16.7 Å². The first-order chi connectivity index (χ1) is 15.4. The molecule has 162 valence electrons. The summed E-state index contributed by atoms with van der Waals surface area (Å²) in [5.74, 6) is 0.608. The van der Waals surface area contributed by atoms with Crippen molar-refractivity contribution in [2.45, 2.75) is 0 Å². The number of fused-ring (bicyclic) bond motifs is 1. The van der Waals surface area contributed by atoms with Gasteiger partial charge in [0.15, 0.2) is 0 Å². The number of carbonyl (C=O) groups excluding carboxylic acids is 2.